The van der Waals surface area contributed by atoms with Crippen molar-refractivity contribution in [2.24, 2.45) is 5.73 Å². The lowest BCUT2D eigenvalue weighted by molar-refractivity contribution is -0.123. The molecule has 2 rings (SSSR count). The highest BCUT2D eigenvalue weighted by Gasteiger charge is 2.18. The highest BCUT2D eigenvalue weighted by atomic mass is 16.2. The summed E-state index contributed by atoms with van der Waals surface area (Å²) in [5.74, 6) is 0.229. The normalized spacial score (nSPS) is 13.7. The Morgan fingerprint density at radius 1 is 1.40 bits per heavy atom. The van der Waals surface area contributed by atoms with Crippen LogP contribution in [0.4, 0.5) is 0 Å². The van der Waals surface area contributed by atoms with Crippen LogP contribution in [0.25, 0.3) is 0 Å². The fourth-order valence-corrected chi connectivity index (χ4v) is 1.84. The quantitative estimate of drug-likeness (QED) is 0.703. The molecule has 2 atom stereocenters. The van der Waals surface area contributed by atoms with E-state index in [9.17, 15) is 4.79 Å². The van der Waals surface area contributed by atoms with E-state index in [0.717, 1.165) is 6.42 Å². The summed E-state index contributed by atoms with van der Waals surface area (Å²) in [6.45, 7) is 1.78. The molecule has 106 valence electrons. The molecule has 0 aliphatic carbocycles. The zero-order valence-electron chi connectivity index (χ0n) is 11.3. The molecule has 1 heterocycles. The molecule has 7 heteroatoms. The minimum atomic E-state index is -0.551. The van der Waals surface area contributed by atoms with Gasteiger partial charge < -0.3 is 11.1 Å². The molecule has 0 aliphatic heterocycles. The van der Waals surface area contributed by atoms with Gasteiger partial charge in [-0.2, -0.15) is 5.21 Å². The topological polar surface area (TPSA) is 110 Å². The van der Waals surface area contributed by atoms with Gasteiger partial charge in [0.1, 0.15) is 0 Å². The Kier molecular flexibility index (Phi) is 4.78. The van der Waals surface area contributed by atoms with Crippen LogP contribution in [0.3, 0.4) is 0 Å². The standard InChI is InChI=1S/C13H18N6O/c1-9(12-16-18-19-17-12)15-13(20)11(14)8-7-10-5-3-2-4-6-10/h2-6,9,11H,7-8,14H2,1H3,(H,15,20)(H,16,17,18,19)/t9?,11-/m0/s1. The fourth-order valence-electron chi connectivity index (χ4n) is 1.84. The maximum atomic E-state index is 11.9. The number of aromatic nitrogens is 4. The van der Waals surface area contributed by atoms with E-state index in [2.05, 4.69) is 25.9 Å². The number of H-pyrrole nitrogens is 1. The Labute approximate surface area is 117 Å². The maximum Gasteiger partial charge on any atom is 0.237 e. The van der Waals surface area contributed by atoms with E-state index in [1.165, 1.54) is 5.56 Å². The molecule has 20 heavy (non-hydrogen) atoms. The smallest absolute Gasteiger partial charge is 0.237 e. The molecule has 1 unspecified atom stereocenters. The van der Waals surface area contributed by atoms with Gasteiger partial charge >= 0.3 is 0 Å². The Balaban J connectivity index is 1.80. The molecule has 1 aromatic heterocycles. The fraction of sp³-hybridized carbons (Fsp3) is 0.385. The third-order valence-electron chi connectivity index (χ3n) is 3.03. The highest BCUT2D eigenvalue weighted by molar-refractivity contribution is 5.81. The van der Waals surface area contributed by atoms with Crippen LogP contribution in [0.1, 0.15) is 30.8 Å². The molecule has 0 saturated carbocycles. The van der Waals surface area contributed by atoms with Gasteiger partial charge in [-0.25, -0.2) is 0 Å². The van der Waals surface area contributed by atoms with Crippen LogP contribution in [-0.2, 0) is 11.2 Å². The van der Waals surface area contributed by atoms with Gasteiger partial charge in [-0.3, -0.25) is 4.79 Å². The van der Waals surface area contributed by atoms with Gasteiger partial charge in [0.2, 0.25) is 5.91 Å². The predicted molar refractivity (Wildman–Crippen MR) is 73.5 cm³/mol. The molecular weight excluding hydrogens is 256 g/mol. The summed E-state index contributed by atoms with van der Waals surface area (Å²) >= 11 is 0. The Bertz CT molecular complexity index is 527. The number of amides is 1. The number of hydrogen-bond donors (Lipinski definition) is 3. The zero-order valence-corrected chi connectivity index (χ0v) is 11.3. The summed E-state index contributed by atoms with van der Waals surface area (Å²) in [4.78, 5) is 11.9. The van der Waals surface area contributed by atoms with Crippen molar-refractivity contribution in [2.75, 3.05) is 0 Å². The maximum absolute atomic E-state index is 11.9. The van der Waals surface area contributed by atoms with E-state index in [0.29, 0.717) is 12.2 Å². The molecule has 0 aliphatic rings. The summed E-state index contributed by atoms with van der Waals surface area (Å²) in [6.07, 6.45) is 1.36. The lowest BCUT2D eigenvalue weighted by atomic mass is 10.1. The third-order valence-corrected chi connectivity index (χ3v) is 3.03. The predicted octanol–water partition coefficient (Wildman–Crippen LogP) is 0.337. The molecular formula is C13H18N6O. The second-order valence-corrected chi connectivity index (χ2v) is 4.63. The summed E-state index contributed by atoms with van der Waals surface area (Å²) in [5, 5.41) is 16.2. The first-order valence-corrected chi connectivity index (χ1v) is 6.50. The Morgan fingerprint density at radius 2 is 2.15 bits per heavy atom. The van der Waals surface area contributed by atoms with Crippen LogP contribution in [0.5, 0.6) is 0 Å². The van der Waals surface area contributed by atoms with Crippen molar-refractivity contribution in [1.82, 2.24) is 25.9 Å². The van der Waals surface area contributed by atoms with E-state index in [-0.39, 0.29) is 11.9 Å². The number of benzene rings is 1. The van der Waals surface area contributed by atoms with Gasteiger partial charge in [0.15, 0.2) is 5.82 Å². The summed E-state index contributed by atoms with van der Waals surface area (Å²) < 4.78 is 0. The molecule has 0 radical (unpaired) electrons. The Morgan fingerprint density at radius 3 is 2.80 bits per heavy atom. The lowest BCUT2D eigenvalue weighted by Crippen LogP contribution is -2.42. The minimum absolute atomic E-state index is 0.210. The van der Waals surface area contributed by atoms with Crippen molar-refractivity contribution >= 4 is 5.91 Å². The average molecular weight is 274 g/mol. The highest BCUT2D eigenvalue weighted by Crippen LogP contribution is 2.07. The second kappa shape index (κ2) is 6.76. The number of aryl methyl sites for hydroxylation is 1. The van der Waals surface area contributed by atoms with Crippen molar-refractivity contribution in [3.63, 3.8) is 0 Å². The van der Waals surface area contributed by atoms with Crippen LogP contribution in [-0.4, -0.2) is 32.6 Å². The second-order valence-electron chi connectivity index (χ2n) is 4.63. The van der Waals surface area contributed by atoms with Crippen LogP contribution in [0, 0.1) is 0 Å². The first kappa shape index (κ1) is 14.1. The molecule has 0 fully saturated rings. The van der Waals surface area contributed by atoms with E-state index < -0.39 is 6.04 Å². The number of carbonyl (C=O) groups is 1. The average Bonchev–Trinajstić information content (AvgIpc) is 3.00. The van der Waals surface area contributed by atoms with Crippen molar-refractivity contribution in [2.45, 2.75) is 31.8 Å². The first-order valence-electron chi connectivity index (χ1n) is 6.50. The number of tetrazole rings is 1. The number of nitrogens with two attached hydrogens (primary N) is 1. The van der Waals surface area contributed by atoms with Crippen molar-refractivity contribution in [3.05, 3.63) is 41.7 Å². The molecule has 1 amide bonds. The summed E-state index contributed by atoms with van der Waals surface area (Å²) in [6, 6.07) is 9.08. The molecule has 0 saturated heterocycles. The van der Waals surface area contributed by atoms with Gasteiger partial charge in [-0.15, -0.1) is 10.2 Å². The van der Waals surface area contributed by atoms with Crippen molar-refractivity contribution < 1.29 is 4.79 Å². The van der Waals surface area contributed by atoms with Crippen molar-refractivity contribution in [1.29, 1.82) is 0 Å². The zero-order chi connectivity index (χ0) is 14.4. The monoisotopic (exact) mass is 274 g/mol. The summed E-state index contributed by atoms with van der Waals surface area (Å²) in [5.41, 5.74) is 7.06. The molecule has 1 aromatic carbocycles. The van der Waals surface area contributed by atoms with E-state index in [1.807, 2.05) is 30.3 Å². The number of aromatic amines is 1. The van der Waals surface area contributed by atoms with E-state index in [4.69, 9.17) is 5.73 Å². The van der Waals surface area contributed by atoms with Gasteiger partial charge in [0, 0.05) is 0 Å². The number of nitrogens with one attached hydrogen (secondary N) is 2. The number of hydrogen-bond acceptors (Lipinski definition) is 5. The molecule has 7 nitrogen and oxygen atoms in total. The van der Waals surface area contributed by atoms with Gasteiger partial charge in [-0.1, -0.05) is 35.5 Å². The molecule has 0 spiro atoms. The SMILES string of the molecule is CC(NC(=O)[C@@H](N)CCc1ccccc1)c1nn[nH]n1. The Hall–Kier alpha value is -2.28. The summed E-state index contributed by atoms with van der Waals surface area (Å²) in [7, 11) is 0. The molecule has 2 aromatic rings. The number of carbonyl (C=O) groups excluding carboxylic acids is 1. The van der Waals surface area contributed by atoms with Gasteiger partial charge in [-0.05, 0) is 25.3 Å². The van der Waals surface area contributed by atoms with E-state index in [1.54, 1.807) is 6.92 Å². The minimum Gasteiger partial charge on any atom is -0.345 e. The first-order chi connectivity index (χ1) is 9.66. The largest absolute Gasteiger partial charge is 0.345 e. The molecule has 4 N–H and O–H groups in total. The lowest BCUT2D eigenvalue weighted by Gasteiger charge is -2.15. The number of nitrogens with zero attached hydrogens (tertiary/aromatic N) is 3. The van der Waals surface area contributed by atoms with Gasteiger partial charge in [0.05, 0.1) is 12.1 Å². The molecule has 0 bridgehead atoms. The van der Waals surface area contributed by atoms with E-state index >= 15 is 0 Å². The van der Waals surface area contributed by atoms with Crippen molar-refractivity contribution in [3.8, 4) is 0 Å². The number of rotatable bonds is 6. The van der Waals surface area contributed by atoms with Crippen LogP contribution in [0.2, 0.25) is 0 Å². The van der Waals surface area contributed by atoms with Gasteiger partial charge in [0.25, 0.3) is 0 Å². The third kappa shape index (κ3) is 3.86. The van der Waals surface area contributed by atoms with Crippen LogP contribution in [0.15, 0.2) is 30.3 Å². The van der Waals surface area contributed by atoms with Crippen LogP contribution < -0.4 is 11.1 Å². The van der Waals surface area contributed by atoms with Crippen LogP contribution >= 0.6 is 0 Å².